The third kappa shape index (κ3) is 1.81. The highest BCUT2D eigenvalue weighted by atomic mass is 32.1. The van der Waals surface area contributed by atoms with Crippen LogP contribution in [0.4, 0.5) is 0 Å². The van der Waals surface area contributed by atoms with Crippen molar-refractivity contribution in [1.29, 1.82) is 0 Å². The number of aliphatic hydroxyl groups is 3. The second-order valence-electron chi connectivity index (χ2n) is 4.35. The Morgan fingerprint density at radius 3 is 2.80 bits per heavy atom. The van der Waals surface area contributed by atoms with E-state index in [0.29, 0.717) is 11.3 Å². The first-order chi connectivity index (χ1) is 9.54. The van der Waals surface area contributed by atoms with Crippen LogP contribution in [0.3, 0.4) is 0 Å². The summed E-state index contributed by atoms with van der Waals surface area (Å²) in [6.07, 6.45) is -3.79. The van der Waals surface area contributed by atoms with E-state index >= 15 is 0 Å². The summed E-state index contributed by atoms with van der Waals surface area (Å²) >= 11 is 0.670. The number of H-pyrrole nitrogens is 1. The monoisotopic (exact) mass is 301 g/mol. The zero-order valence-corrected chi connectivity index (χ0v) is 10.8. The molecule has 1 saturated heterocycles. The summed E-state index contributed by atoms with van der Waals surface area (Å²) in [7, 11) is 0. The molecule has 4 N–H and O–H groups in total. The second-order valence-corrected chi connectivity index (χ2v) is 5.31. The van der Waals surface area contributed by atoms with Gasteiger partial charge in [0, 0.05) is 0 Å². The minimum Gasteiger partial charge on any atom is -0.394 e. The Morgan fingerprint density at radius 1 is 1.40 bits per heavy atom. The van der Waals surface area contributed by atoms with Crippen molar-refractivity contribution >= 4 is 21.7 Å². The van der Waals surface area contributed by atoms with E-state index in [0.717, 1.165) is 10.9 Å². The number of fused-ring (bicyclic) bond motifs is 1. The highest BCUT2D eigenvalue weighted by Crippen LogP contribution is 2.30. The van der Waals surface area contributed by atoms with Gasteiger partial charge >= 0.3 is 4.87 Å². The van der Waals surface area contributed by atoms with E-state index in [4.69, 9.17) is 9.84 Å². The van der Waals surface area contributed by atoms with Gasteiger partial charge in [-0.2, -0.15) is 0 Å². The van der Waals surface area contributed by atoms with Gasteiger partial charge < -0.3 is 25.0 Å². The Bertz CT molecular complexity index is 751. The van der Waals surface area contributed by atoms with E-state index in [9.17, 15) is 19.8 Å². The number of aliphatic hydroxyl groups excluding tert-OH is 3. The Balaban J connectivity index is 2.16. The molecule has 3 rings (SSSR count). The summed E-state index contributed by atoms with van der Waals surface area (Å²) in [4.78, 5) is 29.3. The van der Waals surface area contributed by atoms with Crippen LogP contribution in [0.25, 0.3) is 10.3 Å². The van der Waals surface area contributed by atoms with Gasteiger partial charge in [-0.3, -0.25) is 14.2 Å². The van der Waals surface area contributed by atoms with Crippen molar-refractivity contribution in [2.24, 2.45) is 0 Å². The summed E-state index contributed by atoms with van der Waals surface area (Å²) in [5.41, 5.74) is -0.402. The highest BCUT2D eigenvalue weighted by molar-refractivity contribution is 7.16. The molecule has 3 heterocycles. The normalized spacial score (nSPS) is 30.1. The van der Waals surface area contributed by atoms with E-state index in [1.165, 1.54) is 0 Å². The van der Waals surface area contributed by atoms with Crippen molar-refractivity contribution < 1.29 is 20.1 Å². The van der Waals surface area contributed by atoms with Crippen LogP contribution in [0, 0.1) is 0 Å². The Kier molecular flexibility index (Phi) is 3.18. The highest BCUT2D eigenvalue weighted by Gasteiger charge is 2.44. The first kappa shape index (κ1) is 13.4. The maximum absolute atomic E-state index is 12.0. The smallest absolute Gasteiger partial charge is 0.311 e. The molecule has 2 aromatic rings. The second kappa shape index (κ2) is 4.75. The quantitative estimate of drug-likeness (QED) is 0.492. The molecule has 0 spiro atoms. The number of ether oxygens (including phenoxy) is 1. The summed E-state index contributed by atoms with van der Waals surface area (Å²) in [5.74, 6) is 0. The predicted octanol–water partition coefficient (Wildman–Crippen LogP) is -2.24. The molecule has 0 saturated carbocycles. The average molecular weight is 301 g/mol. The first-order valence-corrected chi connectivity index (χ1v) is 6.57. The van der Waals surface area contributed by atoms with E-state index in [1.54, 1.807) is 0 Å². The van der Waals surface area contributed by atoms with Gasteiger partial charge in [0.2, 0.25) is 0 Å². The fraction of sp³-hybridized carbons (Fsp3) is 0.500. The number of nitrogens with zero attached hydrogens (tertiary/aromatic N) is 2. The molecule has 1 fully saturated rings. The number of thiazole rings is 1. The summed E-state index contributed by atoms with van der Waals surface area (Å²) in [6, 6.07) is 0. The zero-order chi connectivity index (χ0) is 14.4. The van der Waals surface area contributed by atoms with Crippen LogP contribution in [0.15, 0.2) is 15.9 Å². The van der Waals surface area contributed by atoms with Crippen LogP contribution in [0.5, 0.6) is 0 Å². The zero-order valence-electron chi connectivity index (χ0n) is 9.96. The molecule has 10 heteroatoms. The predicted molar refractivity (Wildman–Crippen MR) is 67.5 cm³/mol. The fourth-order valence-electron chi connectivity index (χ4n) is 2.18. The molecular weight excluding hydrogens is 290 g/mol. The van der Waals surface area contributed by atoms with Gasteiger partial charge in [-0.25, -0.2) is 4.98 Å². The summed E-state index contributed by atoms with van der Waals surface area (Å²) in [5, 5.41) is 28.7. The van der Waals surface area contributed by atoms with Crippen molar-refractivity contribution in [1.82, 2.24) is 14.5 Å². The Morgan fingerprint density at radius 2 is 2.15 bits per heavy atom. The van der Waals surface area contributed by atoms with E-state index in [2.05, 4.69) is 9.97 Å². The van der Waals surface area contributed by atoms with E-state index in [-0.39, 0.29) is 10.3 Å². The molecule has 0 aromatic carbocycles. The van der Waals surface area contributed by atoms with Crippen molar-refractivity contribution in [3.05, 3.63) is 26.3 Å². The lowest BCUT2D eigenvalue weighted by molar-refractivity contribution is -0.0518. The number of nitrogens with one attached hydrogen (secondary N) is 1. The summed E-state index contributed by atoms with van der Waals surface area (Å²) in [6.45, 7) is -0.500. The van der Waals surface area contributed by atoms with Gasteiger partial charge in [0.05, 0.1) is 12.9 Å². The van der Waals surface area contributed by atoms with Crippen LogP contribution in [-0.2, 0) is 4.74 Å². The lowest BCUT2D eigenvalue weighted by Gasteiger charge is -2.15. The third-order valence-corrected chi connectivity index (χ3v) is 4.12. The molecule has 0 unspecified atom stereocenters. The molecule has 0 amide bonds. The first-order valence-electron chi connectivity index (χ1n) is 5.75. The SMILES string of the molecule is O=c1[nH]cnc2c1sc(=O)n2[C@@H]1O[C@H](CO)[C@@H](O)[C@H]1O. The van der Waals surface area contributed by atoms with Gasteiger partial charge in [-0.05, 0) is 0 Å². The van der Waals surface area contributed by atoms with Gasteiger partial charge in [-0.1, -0.05) is 11.3 Å². The molecule has 0 bridgehead atoms. The number of aromatic amines is 1. The number of aromatic nitrogens is 3. The number of hydrogen-bond acceptors (Lipinski definition) is 8. The topological polar surface area (TPSA) is 138 Å². The third-order valence-electron chi connectivity index (χ3n) is 3.18. The molecule has 0 aliphatic carbocycles. The molecule has 1 aliphatic rings. The molecule has 4 atom stereocenters. The average Bonchev–Trinajstić information content (AvgIpc) is 2.90. The van der Waals surface area contributed by atoms with Crippen molar-refractivity contribution in [2.45, 2.75) is 24.5 Å². The van der Waals surface area contributed by atoms with Crippen molar-refractivity contribution in [3.8, 4) is 0 Å². The maximum Gasteiger partial charge on any atom is 0.311 e. The van der Waals surface area contributed by atoms with Crippen molar-refractivity contribution in [3.63, 3.8) is 0 Å². The molecule has 0 radical (unpaired) electrons. The van der Waals surface area contributed by atoms with Gasteiger partial charge in [0.25, 0.3) is 5.56 Å². The Hall–Kier alpha value is -1.59. The lowest BCUT2D eigenvalue weighted by atomic mass is 10.1. The van der Waals surface area contributed by atoms with E-state index in [1.807, 2.05) is 0 Å². The van der Waals surface area contributed by atoms with Crippen LogP contribution in [0.1, 0.15) is 6.23 Å². The number of hydrogen-bond donors (Lipinski definition) is 4. The minimum atomic E-state index is -1.40. The lowest BCUT2D eigenvalue weighted by Crippen LogP contribution is -2.34. The molecule has 1 aliphatic heterocycles. The molecule has 108 valence electrons. The largest absolute Gasteiger partial charge is 0.394 e. The molecular formula is C10H11N3O6S. The standard InChI is InChI=1S/C10H11N3O6S/c14-1-3-4(15)5(16)9(19-3)13-7-6(20-10(13)18)8(17)12-2-11-7/h2-5,9,14-16H,1H2,(H,11,12,17)/t3-,4-,5-,9-/m1/s1. The van der Waals surface area contributed by atoms with Crippen LogP contribution < -0.4 is 10.4 Å². The maximum atomic E-state index is 12.0. The molecule has 9 nitrogen and oxygen atoms in total. The molecule has 2 aromatic heterocycles. The van der Waals surface area contributed by atoms with Gasteiger partial charge in [-0.15, -0.1) is 0 Å². The number of rotatable bonds is 2. The van der Waals surface area contributed by atoms with Gasteiger partial charge in [0.15, 0.2) is 11.9 Å². The van der Waals surface area contributed by atoms with Crippen molar-refractivity contribution in [2.75, 3.05) is 6.61 Å². The molecule has 20 heavy (non-hydrogen) atoms. The van der Waals surface area contributed by atoms with Crippen LogP contribution >= 0.6 is 11.3 Å². The van der Waals surface area contributed by atoms with Crippen LogP contribution in [0.2, 0.25) is 0 Å². The van der Waals surface area contributed by atoms with Gasteiger partial charge in [0.1, 0.15) is 23.0 Å². The summed E-state index contributed by atoms with van der Waals surface area (Å²) < 4.78 is 6.40. The Labute approximate surface area is 114 Å². The van der Waals surface area contributed by atoms with E-state index < -0.39 is 41.6 Å². The minimum absolute atomic E-state index is 0.0681. The fourth-order valence-corrected chi connectivity index (χ4v) is 3.04. The van der Waals surface area contributed by atoms with Crippen LogP contribution in [-0.4, -0.2) is 54.8 Å².